The third kappa shape index (κ3) is 4.26. The Balaban J connectivity index is 2.17. The number of benzene rings is 2. The maximum absolute atomic E-state index is 6.34. The second-order valence-corrected chi connectivity index (χ2v) is 7.19. The molecule has 0 bridgehead atoms. The Hall–Kier alpha value is -1.46. The fourth-order valence-electron chi connectivity index (χ4n) is 3.52. The Morgan fingerprint density at radius 3 is 2.00 bits per heavy atom. The quantitative estimate of drug-likeness (QED) is 0.814. The van der Waals surface area contributed by atoms with E-state index >= 15 is 0 Å². The summed E-state index contributed by atoms with van der Waals surface area (Å²) in [6, 6.07) is 11.4. The van der Waals surface area contributed by atoms with Gasteiger partial charge in [-0.15, -0.1) is 0 Å². The van der Waals surface area contributed by atoms with Crippen LogP contribution in [0, 0.1) is 0 Å². The standard InChI is InChI=1S/C20H24Cl2N2O2/c1-25-18-6-4-14(21)12-16(18)20(24-10-3-8-23-9-11-24)17-13-15(22)5-7-19(17)26-2/h4-7,12-13,20,23H,3,8-11H2,1-2H3. The Morgan fingerprint density at radius 2 is 1.46 bits per heavy atom. The summed E-state index contributed by atoms with van der Waals surface area (Å²) >= 11 is 12.7. The molecule has 4 nitrogen and oxygen atoms in total. The van der Waals surface area contributed by atoms with Crippen LogP contribution in [0.3, 0.4) is 0 Å². The van der Waals surface area contributed by atoms with Crippen LogP contribution >= 0.6 is 23.2 Å². The van der Waals surface area contributed by atoms with Crippen molar-refractivity contribution in [3.8, 4) is 11.5 Å². The van der Waals surface area contributed by atoms with Crippen molar-refractivity contribution >= 4 is 23.2 Å². The lowest BCUT2D eigenvalue weighted by Crippen LogP contribution is -2.33. The first kappa shape index (κ1) is 19.3. The van der Waals surface area contributed by atoms with Crippen molar-refractivity contribution in [1.82, 2.24) is 10.2 Å². The summed E-state index contributed by atoms with van der Waals surface area (Å²) in [6.07, 6.45) is 1.07. The number of nitrogens with zero attached hydrogens (tertiary/aromatic N) is 1. The van der Waals surface area contributed by atoms with Gasteiger partial charge in [0.05, 0.1) is 20.3 Å². The van der Waals surface area contributed by atoms with Gasteiger partial charge in [-0.25, -0.2) is 0 Å². The van der Waals surface area contributed by atoms with Crippen LogP contribution in [0.2, 0.25) is 10.0 Å². The van der Waals surface area contributed by atoms with E-state index in [0.29, 0.717) is 10.0 Å². The van der Waals surface area contributed by atoms with E-state index in [-0.39, 0.29) is 6.04 Å². The summed E-state index contributed by atoms with van der Waals surface area (Å²) in [7, 11) is 3.37. The highest BCUT2D eigenvalue weighted by Crippen LogP contribution is 2.41. The molecule has 1 saturated heterocycles. The number of hydrogen-bond donors (Lipinski definition) is 1. The van der Waals surface area contributed by atoms with E-state index < -0.39 is 0 Å². The summed E-state index contributed by atoms with van der Waals surface area (Å²) in [5.74, 6) is 1.61. The number of ether oxygens (including phenoxy) is 2. The van der Waals surface area contributed by atoms with E-state index in [1.54, 1.807) is 14.2 Å². The van der Waals surface area contributed by atoms with Crippen molar-refractivity contribution in [3.63, 3.8) is 0 Å². The molecule has 0 unspecified atom stereocenters. The third-order valence-electron chi connectivity index (χ3n) is 4.71. The number of methoxy groups -OCH3 is 2. The fraction of sp³-hybridized carbons (Fsp3) is 0.400. The van der Waals surface area contributed by atoms with Gasteiger partial charge in [0, 0.05) is 40.8 Å². The second-order valence-electron chi connectivity index (χ2n) is 6.31. The Labute approximate surface area is 165 Å². The molecule has 1 aliphatic heterocycles. The summed E-state index contributed by atoms with van der Waals surface area (Å²) in [5, 5.41) is 4.82. The van der Waals surface area contributed by atoms with Crippen LogP contribution in [0.15, 0.2) is 36.4 Å². The number of hydrogen-bond acceptors (Lipinski definition) is 4. The molecule has 1 heterocycles. The van der Waals surface area contributed by atoms with Gasteiger partial charge in [-0.1, -0.05) is 23.2 Å². The van der Waals surface area contributed by atoms with E-state index in [9.17, 15) is 0 Å². The van der Waals surface area contributed by atoms with Crippen LogP contribution in [-0.2, 0) is 0 Å². The van der Waals surface area contributed by atoms with Crippen molar-refractivity contribution in [2.75, 3.05) is 40.4 Å². The molecule has 1 fully saturated rings. The maximum atomic E-state index is 6.34. The average molecular weight is 395 g/mol. The van der Waals surface area contributed by atoms with Crippen molar-refractivity contribution < 1.29 is 9.47 Å². The van der Waals surface area contributed by atoms with Gasteiger partial charge in [0.15, 0.2) is 0 Å². The van der Waals surface area contributed by atoms with Crippen LogP contribution in [0.4, 0.5) is 0 Å². The molecule has 0 spiro atoms. The van der Waals surface area contributed by atoms with Gasteiger partial charge < -0.3 is 14.8 Å². The zero-order chi connectivity index (χ0) is 18.5. The molecule has 2 aromatic carbocycles. The Bertz CT molecular complexity index is 693. The highest BCUT2D eigenvalue weighted by Gasteiger charge is 2.29. The van der Waals surface area contributed by atoms with Crippen LogP contribution in [0.25, 0.3) is 0 Å². The second kappa shape index (κ2) is 8.96. The van der Waals surface area contributed by atoms with Gasteiger partial charge in [-0.05, 0) is 49.4 Å². The van der Waals surface area contributed by atoms with Gasteiger partial charge in [-0.3, -0.25) is 4.90 Å². The van der Waals surface area contributed by atoms with Gasteiger partial charge in [0.1, 0.15) is 11.5 Å². The highest BCUT2D eigenvalue weighted by molar-refractivity contribution is 6.31. The average Bonchev–Trinajstić information content (AvgIpc) is 2.92. The van der Waals surface area contributed by atoms with E-state index in [4.69, 9.17) is 32.7 Å². The normalized spacial score (nSPS) is 15.7. The largest absolute Gasteiger partial charge is 0.496 e. The lowest BCUT2D eigenvalue weighted by atomic mass is 9.95. The molecular formula is C20H24Cl2N2O2. The molecule has 0 saturated carbocycles. The molecule has 0 aliphatic carbocycles. The molecule has 140 valence electrons. The minimum atomic E-state index is -0.0581. The first-order valence-corrected chi connectivity index (χ1v) is 9.51. The highest BCUT2D eigenvalue weighted by atomic mass is 35.5. The van der Waals surface area contributed by atoms with Gasteiger partial charge in [0.25, 0.3) is 0 Å². The monoisotopic (exact) mass is 394 g/mol. The smallest absolute Gasteiger partial charge is 0.124 e. The third-order valence-corrected chi connectivity index (χ3v) is 5.18. The molecule has 0 aromatic heterocycles. The van der Waals surface area contributed by atoms with E-state index in [0.717, 1.165) is 55.2 Å². The molecule has 2 aromatic rings. The first-order valence-electron chi connectivity index (χ1n) is 8.75. The van der Waals surface area contributed by atoms with Crippen LogP contribution < -0.4 is 14.8 Å². The van der Waals surface area contributed by atoms with Gasteiger partial charge in [-0.2, -0.15) is 0 Å². The van der Waals surface area contributed by atoms with Crippen molar-refractivity contribution in [2.45, 2.75) is 12.5 Å². The van der Waals surface area contributed by atoms with Crippen molar-refractivity contribution in [1.29, 1.82) is 0 Å². The van der Waals surface area contributed by atoms with Crippen molar-refractivity contribution in [3.05, 3.63) is 57.6 Å². The summed E-state index contributed by atoms with van der Waals surface area (Å²) < 4.78 is 11.3. The fourth-order valence-corrected chi connectivity index (χ4v) is 3.88. The van der Waals surface area contributed by atoms with Gasteiger partial charge >= 0.3 is 0 Å². The number of nitrogens with one attached hydrogen (secondary N) is 1. The minimum absolute atomic E-state index is 0.0581. The SMILES string of the molecule is COc1ccc(Cl)cc1C(c1cc(Cl)ccc1OC)N1CCCNCC1. The first-order chi connectivity index (χ1) is 12.6. The molecule has 0 radical (unpaired) electrons. The topological polar surface area (TPSA) is 33.7 Å². The molecular weight excluding hydrogens is 371 g/mol. The molecule has 1 aliphatic rings. The molecule has 3 rings (SSSR count). The Morgan fingerprint density at radius 1 is 0.885 bits per heavy atom. The zero-order valence-electron chi connectivity index (χ0n) is 15.1. The molecule has 1 N–H and O–H groups in total. The van der Waals surface area contributed by atoms with E-state index in [1.165, 1.54) is 0 Å². The predicted molar refractivity (Wildman–Crippen MR) is 107 cm³/mol. The zero-order valence-corrected chi connectivity index (χ0v) is 16.6. The lowest BCUT2D eigenvalue weighted by molar-refractivity contribution is 0.231. The Kier molecular flexibility index (Phi) is 6.65. The summed E-state index contributed by atoms with van der Waals surface area (Å²) in [6.45, 7) is 3.82. The molecule has 0 amide bonds. The molecule has 6 heteroatoms. The van der Waals surface area contributed by atoms with Gasteiger partial charge in [0.2, 0.25) is 0 Å². The summed E-state index contributed by atoms with van der Waals surface area (Å²) in [5.41, 5.74) is 2.03. The van der Waals surface area contributed by atoms with E-state index in [2.05, 4.69) is 10.2 Å². The van der Waals surface area contributed by atoms with E-state index in [1.807, 2.05) is 36.4 Å². The molecule has 0 atom stereocenters. The predicted octanol–water partition coefficient (Wildman–Crippen LogP) is 4.40. The molecule has 26 heavy (non-hydrogen) atoms. The van der Waals surface area contributed by atoms with Crippen molar-refractivity contribution in [2.24, 2.45) is 0 Å². The minimum Gasteiger partial charge on any atom is -0.496 e. The number of rotatable bonds is 5. The summed E-state index contributed by atoms with van der Waals surface area (Å²) in [4.78, 5) is 2.43. The number of halogens is 2. The van der Waals surface area contributed by atoms with Crippen LogP contribution in [0.5, 0.6) is 11.5 Å². The van der Waals surface area contributed by atoms with Crippen LogP contribution in [0.1, 0.15) is 23.6 Å². The van der Waals surface area contributed by atoms with Crippen LogP contribution in [-0.4, -0.2) is 45.3 Å². The maximum Gasteiger partial charge on any atom is 0.124 e. The lowest BCUT2D eigenvalue weighted by Gasteiger charge is -2.33.